The summed E-state index contributed by atoms with van der Waals surface area (Å²) in [6.45, 7) is 28.5. The van der Waals surface area contributed by atoms with Crippen molar-refractivity contribution in [2.45, 2.75) is 83.1 Å². The Morgan fingerprint density at radius 3 is 1.47 bits per heavy atom. The van der Waals surface area contributed by atoms with E-state index in [1.165, 1.54) is 149 Å². The van der Waals surface area contributed by atoms with Crippen LogP contribution in [-0.2, 0) is 0 Å². The highest BCUT2D eigenvalue weighted by molar-refractivity contribution is 7.08. The van der Waals surface area contributed by atoms with Gasteiger partial charge >= 0.3 is 0 Å². The molecule has 3 aliphatic heterocycles. The third-order valence-corrected chi connectivity index (χ3v) is 14.7. The van der Waals surface area contributed by atoms with Crippen LogP contribution in [0.3, 0.4) is 0 Å². The zero-order valence-corrected chi connectivity index (χ0v) is 32.3. The molecule has 0 fully saturated rings. The van der Waals surface area contributed by atoms with Crippen molar-refractivity contribution >= 4 is 68.0 Å². The molecule has 0 atom stereocenters. The van der Waals surface area contributed by atoms with E-state index in [-0.39, 0.29) is 13.4 Å². The van der Waals surface area contributed by atoms with E-state index in [2.05, 4.69) is 142 Å². The first kappa shape index (κ1) is 31.0. The number of aromatic nitrogens is 1. The van der Waals surface area contributed by atoms with Crippen LogP contribution in [0.2, 0.25) is 0 Å². The number of rotatable bonds is 0. The normalized spacial score (nSPS) is 13.4. The predicted octanol–water partition coefficient (Wildman–Crippen LogP) is 7.79. The standard InChI is InChI=1S/C48H45B2N/c1-22-26(5)32(11)44-40(28(22)7)34-16-13-19-37-45(34)50(44)38-20-14-18-36-42-30(9)24(3)27(6)33(12)47(42)51(48(36)38)39-21-15-17-35-41-29(8)23(2)25(4)31(10)43(41)49(37)46(35)39/h13-21H,1-12H3. The van der Waals surface area contributed by atoms with Crippen LogP contribution in [-0.4, -0.2) is 18.0 Å². The van der Waals surface area contributed by atoms with Gasteiger partial charge in [-0.2, -0.15) is 0 Å². The molecule has 0 amide bonds. The molecule has 3 heteroatoms. The summed E-state index contributed by atoms with van der Waals surface area (Å²) in [5.41, 5.74) is 35.9. The molecule has 10 rings (SSSR count). The molecule has 1 aromatic heterocycles. The first-order valence-electron chi connectivity index (χ1n) is 18.9. The molecule has 7 aromatic rings. The summed E-state index contributed by atoms with van der Waals surface area (Å²) in [5.74, 6) is 0. The van der Waals surface area contributed by atoms with Crippen molar-refractivity contribution in [1.82, 2.24) is 4.57 Å². The Morgan fingerprint density at radius 1 is 0.373 bits per heavy atom. The lowest BCUT2D eigenvalue weighted by Crippen LogP contribution is -2.62. The molecule has 0 aliphatic carbocycles. The summed E-state index contributed by atoms with van der Waals surface area (Å²) in [6, 6.07) is 21.7. The van der Waals surface area contributed by atoms with Gasteiger partial charge in [-0.1, -0.05) is 81.5 Å². The number of aryl methyl sites for hydroxylation is 2. The van der Waals surface area contributed by atoms with Crippen molar-refractivity contribution in [3.8, 4) is 27.9 Å². The van der Waals surface area contributed by atoms with Gasteiger partial charge in [-0.25, -0.2) is 0 Å². The third-order valence-electron chi connectivity index (χ3n) is 14.7. The Morgan fingerprint density at radius 2 is 0.843 bits per heavy atom. The predicted molar refractivity (Wildman–Crippen MR) is 224 cm³/mol. The maximum Gasteiger partial charge on any atom is 0.245 e. The zero-order chi connectivity index (χ0) is 35.7. The van der Waals surface area contributed by atoms with Gasteiger partial charge in [0.05, 0.1) is 5.52 Å². The summed E-state index contributed by atoms with van der Waals surface area (Å²) >= 11 is 0. The fourth-order valence-corrected chi connectivity index (χ4v) is 11.2. The van der Waals surface area contributed by atoms with E-state index in [0.29, 0.717) is 0 Å². The molecule has 51 heavy (non-hydrogen) atoms. The largest absolute Gasteiger partial charge is 0.310 e. The molecule has 0 spiro atoms. The Balaban J connectivity index is 1.54. The van der Waals surface area contributed by atoms with Crippen LogP contribution in [0.25, 0.3) is 49.7 Å². The minimum atomic E-state index is 0.133. The van der Waals surface area contributed by atoms with E-state index < -0.39 is 0 Å². The maximum atomic E-state index is 2.74. The zero-order valence-electron chi connectivity index (χ0n) is 32.3. The third kappa shape index (κ3) is 3.42. The molecule has 0 unspecified atom stereocenters. The first-order chi connectivity index (χ1) is 24.4. The summed E-state index contributed by atoms with van der Waals surface area (Å²) < 4.78 is 2.74. The van der Waals surface area contributed by atoms with Gasteiger partial charge in [0.1, 0.15) is 0 Å². The Kier molecular flexibility index (Phi) is 6.07. The molecule has 0 radical (unpaired) electrons. The van der Waals surface area contributed by atoms with Crippen LogP contribution >= 0.6 is 0 Å². The van der Waals surface area contributed by atoms with Crippen molar-refractivity contribution in [3.63, 3.8) is 0 Å². The van der Waals surface area contributed by atoms with Gasteiger partial charge in [-0.15, -0.1) is 0 Å². The minimum Gasteiger partial charge on any atom is -0.310 e. The van der Waals surface area contributed by atoms with Gasteiger partial charge < -0.3 is 4.57 Å². The van der Waals surface area contributed by atoms with Gasteiger partial charge in [-0.05, 0) is 178 Å². The van der Waals surface area contributed by atoms with Crippen LogP contribution in [0.1, 0.15) is 66.8 Å². The van der Waals surface area contributed by atoms with E-state index in [4.69, 9.17) is 0 Å². The van der Waals surface area contributed by atoms with E-state index in [0.717, 1.165) is 0 Å². The summed E-state index contributed by atoms with van der Waals surface area (Å²) in [6.07, 6.45) is 0. The number of nitrogens with zero attached hydrogens (tertiary/aromatic N) is 1. The molecular weight excluding hydrogens is 612 g/mol. The Bertz CT molecular complexity index is 2830. The van der Waals surface area contributed by atoms with Crippen molar-refractivity contribution in [2.75, 3.05) is 0 Å². The SMILES string of the molecule is Cc1c(C)c(C)c2c(c1C)B1c3c(cccc3-2)B2c3c(cccc3-n3c4c1cccc4c1c(C)c(C)c(C)c(C)c13)-c1c(C)c(C)c(C)c(C)c12. The summed E-state index contributed by atoms with van der Waals surface area (Å²) in [7, 11) is 0. The second-order valence-corrected chi connectivity index (χ2v) is 16.3. The first-order valence-corrected chi connectivity index (χ1v) is 18.9. The second-order valence-electron chi connectivity index (χ2n) is 16.3. The number of para-hydroxylation sites is 1. The van der Waals surface area contributed by atoms with Crippen molar-refractivity contribution in [1.29, 1.82) is 0 Å². The van der Waals surface area contributed by atoms with E-state index in [1.54, 1.807) is 0 Å². The molecule has 3 aliphatic rings. The molecule has 0 bridgehead atoms. The van der Waals surface area contributed by atoms with Crippen LogP contribution in [0, 0.1) is 83.1 Å². The van der Waals surface area contributed by atoms with Crippen LogP contribution in [0.15, 0.2) is 54.6 Å². The van der Waals surface area contributed by atoms with Gasteiger partial charge in [-0.3, -0.25) is 0 Å². The number of hydrogen-bond donors (Lipinski definition) is 0. The lowest BCUT2D eigenvalue weighted by molar-refractivity contribution is 1.16. The second kappa shape index (κ2) is 9.97. The van der Waals surface area contributed by atoms with Gasteiger partial charge in [0.25, 0.3) is 0 Å². The molecular formula is C48H45B2N. The molecule has 248 valence electrons. The van der Waals surface area contributed by atoms with Crippen LogP contribution in [0.5, 0.6) is 0 Å². The molecule has 6 aromatic carbocycles. The number of benzene rings is 6. The maximum absolute atomic E-state index is 2.74. The molecule has 4 heterocycles. The Labute approximate surface area is 303 Å². The summed E-state index contributed by atoms with van der Waals surface area (Å²) in [4.78, 5) is 0. The van der Waals surface area contributed by atoms with E-state index >= 15 is 0 Å². The minimum absolute atomic E-state index is 0.133. The lowest BCUT2D eigenvalue weighted by atomic mass is 9.30. The average molecular weight is 658 g/mol. The Hall–Kier alpha value is -4.75. The van der Waals surface area contributed by atoms with Crippen LogP contribution < -0.4 is 32.8 Å². The molecule has 0 N–H and O–H groups in total. The summed E-state index contributed by atoms with van der Waals surface area (Å²) in [5, 5.41) is 2.79. The molecule has 0 saturated carbocycles. The van der Waals surface area contributed by atoms with E-state index in [1.807, 2.05) is 0 Å². The van der Waals surface area contributed by atoms with Crippen molar-refractivity contribution < 1.29 is 0 Å². The highest BCUT2D eigenvalue weighted by atomic mass is 15.0. The van der Waals surface area contributed by atoms with Gasteiger partial charge in [0, 0.05) is 22.0 Å². The van der Waals surface area contributed by atoms with Gasteiger partial charge in [0.2, 0.25) is 13.4 Å². The smallest absolute Gasteiger partial charge is 0.245 e. The highest BCUT2D eigenvalue weighted by Crippen LogP contribution is 2.42. The average Bonchev–Trinajstić information content (AvgIpc) is 3.79. The topological polar surface area (TPSA) is 4.93 Å². The van der Waals surface area contributed by atoms with Gasteiger partial charge in [0.15, 0.2) is 0 Å². The fourth-order valence-electron chi connectivity index (χ4n) is 11.2. The van der Waals surface area contributed by atoms with Crippen molar-refractivity contribution in [3.05, 3.63) is 121 Å². The van der Waals surface area contributed by atoms with Crippen LogP contribution in [0.4, 0.5) is 0 Å². The number of fused-ring (bicyclic) bond motifs is 12. The monoisotopic (exact) mass is 657 g/mol. The lowest BCUT2D eigenvalue weighted by Gasteiger charge is -2.23. The molecule has 0 saturated heterocycles. The van der Waals surface area contributed by atoms with Crippen molar-refractivity contribution in [2.24, 2.45) is 0 Å². The fraction of sp³-hybridized carbons (Fsp3) is 0.250. The number of hydrogen-bond acceptors (Lipinski definition) is 0. The molecule has 1 nitrogen and oxygen atoms in total. The quantitative estimate of drug-likeness (QED) is 0.147. The van der Waals surface area contributed by atoms with E-state index in [9.17, 15) is 0 Å². The highest BCUT2D eigenvalue weighted by Gasteiger charge is 2.47.